The standard InChI is InChI=1S/C45H43Cl4F3N4O9/c1-4-53(23-30-11-5-6-13-34(30)46)41(57)38-33(29-16-14-27(15-17-29)10-8-20-62-40-36(51)19-18-35(50)39(40)52)22-31-24-54(25-37(38)55(31)43(59)65-44(2,3)45(47,48)49)42(58)64-32-12-7-9-28(21-32)26-63-56(60)61/h5-7,9,11-19,21,31,37H,4,8,10,20,22-26H2,1-3H3. The number of hydrogen-bond acceptors (Lipinski definition) is 9. The van der Waals surface area contributed by atoms with Crippen molar-refractivity contribution in [2.45, 2.75) is 74.7 Å². The molecule has 20 heteroatoms. The Morgan fingerprint density at radius 2 is 1.62 bits per heavy atom. The zero-order valence-electron chi connectivity index (χ0n) is 35.2. The number of fused-ring (bicyclic) bond motifs is 2. The predicted octanol–water partition coefficient (Wildman–Crippen LogP) is 10.5. The number of nitrogens with zero attached hydrogens (tertiary/aromatic N) is 4. The van der Waals surface area contributed by atoms with Crippen molar-refractivity contribution in [1.29, 1.82) is 0 Å². The molecule has 3 amide bonds. The van der Waals surface area contributed by atoms with Gasteiger partial charge in [0.25, 0.3) is 11.0 Å². The van der Waals surface area contributed by atoms with Crippen LogP contribution in [-0.2, 0) is 33.9 Å². The van der Waals surface area contributed by atoms with Gasteiger partial charge in [-0.15, -0.1) is 10.1 Å². The van der Waals surface area contributed by atoms with Crippen LogP contribution in [0.25, 0.3) is 5.57 Å². The molecule has 2 aliphatic rings. The SMILES string of the molecule is CCN(Cc1ccccc1Cl)C(=O)C1=C(c2ccc(CCCOc3c(F)ccc(F)c3F)cc2)CC2CN(C(=O)Oc3cccc(CO[N+](=O)[O-])c3)CC1N2C(=O)OC(C)(C)C(Cl)(Cl)Cl. The van der Waals surface area contributed by atoms with E-state index in [1.165, 1.54) is 41.8 Å². The van der Waals surface area contributed by atoms with Gasteiger partial charge in [-0.1, -0.05) is 101 Å². The van der Waals surface area contributed by atoms with E-state index in [0.717, 1.165) is 11.6 Å². The molecular formula is C45H43Cl4F3N4O9. The molecule has 13 nitrogen and oxygen atoms in total. The lowest BCUT2D eigenvalue weighted by Gasteiger charge is -2.51. The predicted molar refractivity (Wildman–Crippen MR) is 237 cm³/mol. The topological polar surface area (TPSA) is 141 Å². The summed E-state index contributed by atoms with van der Waals surface area (Å²) in [6, 6.07) is 19.8. The van der Waals surface area contributed by atoms with Crippen LogP contribution in [0, 0.1) is 27.6 Å². The number of halogens is 7. The van der Waals surface area contributed by atoms with Gasteiger partial charge in [0.2, 0.25) is 9.61 Å². The third-order valence-corrected chi connectivity index (χ3v) is 12.7. The molecule has 2 atom stereocenters. The number of benzene rings is 4. The Bertz CT molecular complexity index is 2460. The molecule has 4 aromatic rings. The number of likely N-dealkylation sites (N-methyl/N-ethyl adjacent to an activating group) is 1. The zero-order valence-corrected chi connectivity index (χ0v) is 38.2. The van der Waals surface area contributed by atoms with Crippen LogP contribution in [0.2, 0.25) is 5.02 Å². The van der Waals surface area contributed by atoms with Crippen LogP contribution in [0.15, 0.2) is 90.5 Å². The monoisotopic (exact) mass is 980 g/mol. The van der Waals surface area contributed by atoms with Crippen molar-refractivity contribution in [2.75, 3.05) is 26.2 Å². The van der Waals surface area contributed by atoms with Gasteiger partial charge in [0, 0.05) is 36.8 Å². The second-order valence-electron chi connectivity index (χ2n) is 15.7. The quantitative estimate of drug-likeness (QED) is 0.0374. The lowest BCUT2D eigenvalue weighted by atomic mass is 9.81. The van der Waals surface area contributed by atoms with Crippen LogP contribution in [0.5, 0.6) is 11.5 Å². The first-order valence-corrected chi connectivity index (χ1v) is 21.8. The maximum atomic E-state index is 15.2. The fourth-order valence-electron chi connectivity index (χ4n) is 7.49. The van der Waals surface area contributed by atoms with Gasteiger partial charge in [-0.05, 0) is 98.2 Å². The van der Waals surface area contributed by atoms with Crippen molar-refractivity contribution >= 4 is 70.1 Å². The average molecular weight is 983 g/mol. The second-order valence-corrected chi connectivity index (χ2v) is 18.4. The van der Waals surface area contributed by atoms with Gasteiger partial charge in [0.05, 0.1) is 18.7 Å². The maximum absolute atomic E-state index is 15.2. The summed E-state index contributed by atoms with van der Waals surface area (Å²) in [4.78, 5) is 63.1. The Morgan fingerprint density at radius 1 is 0.908 bits per heavy atom. The summed E-state index contributed by atoms with van der Waals surface area (Å²) in [5.41, 5.74) is 1.59. The molecule has 2 bridgehead atoms. The summed E-state index contributed by atoms with van der Waals surface area (Å²) in [5.74, 6) is -4.85. The van der Waals surface area contributed by atoms with E-state index in [0.29, 0.717) is 46.2 Å². The molecule has 4 aromatic carbocycles. The second kappa shape index (κ2) is 20.8. The minimum absolute atomic E-state index is 0.0416. The smallest absolute Gasteiger partial charge is 0.415 e. The lowest BCUT2D eigenvalue weighted by molar-refractivity contribution is -0.763. The molecule has 346 valence electrons. The Hall–Kier alpha value is -5.42. The molecule has 0 radical (unpaired) electrons. The van der Waals surface area contributed by atoms with Crippen molar-refractivity contribution in [1.82, 2.24) is 14.7 Å². The minimum Gasteiger partial charge on any atom is -0.488 e. The number of carbonyl (C=O) groups is 3. The molecule has 1 fully saturated rings. The first kappa shape index (κ1) is 49.0. The third kappa shape index (κ3) is 11.7. The normalized spacial score (nSPS) is 16.2. The number of carbonyl (C=O) groups excluding carboxylic acids is 3. The number of ether oxygens (including phenoxy) is 3. The average Bonchev–Trinajstić information content (AvgIpc) is 3.25. The molecule has 6 rings (SSSR count). The summed E-state index contributed by atoms with van der Waals surface area (Å²) < 4.78 is 56.7. The van der Waals surface area contributed by atoms with E-state index in [9.17, 15) is 32.9 Å². The third-order valence-electron chi connectivity index (χ3n) is 11.0. The Morgan fingerprint density at radius 3 is 2.29 bits per heavy atom. The molecule has 2 aliphatic heterocycles. The fourth-order valence-corrected chi connectivity index (χ4v) is 7.80. The van der Waals surface area contributed by atoms with Crippen molar-refractivity contribution in [3.63, 3.8) is 0 Å². The van der Waals surface area contributed by atoms with Crippen LogP contribution >= 0.6 is 46.4 Å². The highest BCUT2D eigenvalue weighted by Crippen LogP contribution is 2.44. The van der Waals surface area contributed by atoms with Gasteiger partial charge in [-0.2, -0.15) is 4.39 Å². The van der Waals surface area contributed by atoms with E-state index < -0.39 is 67.9 Å². The number of piperazine rings is 1. The van der Waals surface area contributed by atoms with Crippen LogP contribution in [0.4, 0.5) is 22.8 Å². The maximum Gasteiger partial charge on any atom is 0.415 e. The Labute approximate surface area is 392 Å². The van der Waals surface area contributed by atoms with E-state index in [1.54, 1.807) is 42.2 Å². The van der Waals surface area contributed by atoms with Gasteiger partial charge < -0.3 is 28.8 Å². The van der Waals surface area contributed by atoms with Crippen molar-refractivity contribution in [3.8, 4) is 11.5 Å². The molecule has 1 saturated heterocycles. The molecule has 2 heterocycles. The van der Waals surface area contributed by atoms with E-state index in [2.05, 4.69) is 4.84 Å². The summed E-state index contributed by atoms with van der Waals surface area (Å²) in [6.07, 6.45) is -0.949. The van der Waals surface area contributed by atoms with Crippen molar-refractivity contribution in [2.24, 2.45) is 0 Å². The van der Waals surface area contributed by atoms with Crippen molar-refractivity contribution < 1.29 is 51.7 Å². The van der Waals surface area contributed by atoms with Crippen LogP contribution in [0.3, 0.4) is 0 Å². The van der Waals surface area contributed by atoms with Gasteiger partial charge in [0.1, 0.15) is 12.4 Å². The van der Waals surface area contributed by atoms with Gasteiger partial charge in [0.15, 0.2) is 23.0 Å². The van der Waals surface area contributed by atoms with Crippen LogP contribution < -0.4 is 9.47 Å². The van der Waals surface area contributed by atoms with Gasteiger partial charge in [-0.25, -0.2) is 18.4 Å². The Kier molecular flexibility index (Phi) is 15.7. The lowest BCUT2D eigenvalue weighted by Crippen LogP contribution is -2.66. The number of alkyl halides is 3. The van der Waals surface area contributed by atoms with Gasteiger partial charge in [-0.3, -0.25) is 9.69 Å². The van der Waals surface area contributed by atoms with E-state index in [-0.39, 0.29) is 57.1 Å². The molecule has 0 aromatic heterocycles. The highest BCUT2D eigenvalue weighted by Gasteiger charge is 2.52. The molecule has 0 aliphatic carbocycles. The zero-order chi connectivity index (χ0) is 47.2. The molecule has 0 N–H and O–H groups in total. The molecular weight excluding hydrogens is 939 g/mol. The van der Waals surface area contributed by atoms with Gasteiger partial charge >= 0.3 is 12.2 Å². The number of rotatable bonds is 15. The van der Waals surface area contributed by atoms with Crippen LogP contribution in [-0.4, -0.2) is 85.6 Å². The number of aryl methyl sites for hydroxylation is 1. The molecule has 2 unspecified atom stereocenters. The number of amides is 3. The largest absolute Gasteiger partial charge is 0.488 e. The molecule has 0 spiro atoms. The van der Waals surface area contributed by atoms with E-state index in [4.69, 9.17) is 60.6 Å². The van der Waals surface area contributed by atoms with Crippen molar-refractivity contribution in [3.05, 3.63) is 145 Å². The Balaban J connectivity index is 1.36. The highest BCUT2D eigenvalue weighted by molar-refractivity contribution is 6.68. The summed E-state index contributed by atoms with van der Waals surface area (Å²) in [5, 5.41) is 10.3. The van der Waals surface area contributed by atoms with Crippen LogP contribution in [0.1, 0.15) is 55.9 Å². The summed E-state index contributed by atoms with van der Waals surface area (Å²) in [6.45, 7) is 4.13. The summed E-state index contributed by atoms with van der Waals surface area (Å²) in [7, 11) is 0. The highest BCUT2D eigenvalue weighted by atomic mass is 35.6. The number of hydrogen-bond donors (Lipinski definition) is 0. The molecule has 0 saturated carbocycles. The minimum atomic E-state index is -2.06. The molecule has 65 heavy (non-hydrogen) atoms. The van der Waals surface area contributed by atoms with E-state index >= 15 is 4.79 Å². The summed E-state index contributed by atoms with van der Waals surface area (Å²) >= 11 is 25.3. The fraction of sp³-hybridized carbons (Fsp3) is 0.356. The first-order valence-electron chi connectivity index (χ1n) is 20.3. The van der Waals surface area contributed by atoms with E-state index in [1.807, 2.05) is 24.3 Å². The first-order chi connectivity index (χ1) is 30.8.